The summed E-state index contributed by atoms with van der Waals surface area (Å²) in [7, 11) is 1.13. The molecule has 2 N–H and O–H groups in total. The minimum atomic E-state index is -4.54. The number of ether oxygens (including phenoxy) is 1. The predicted octanol–water partition coefficient (Wildman–Crippen LogP) is 1.88. The van der Waals surface area contributed by atoms with Gasteiger partial charge < -0.3 is 10.5 Å². The molecule has 1 amide bonds. The minimum absolute atomic E-state index is 0.273. The standard InChI is InChI=1S/C10H10F3NO2/c1-16-8(9(14)15)6-4-2-3-5-7(6)10(11,12)13/h2-5,8H,1H3,(H2,14,15)/t8-/m1/s1. The Kier molecular flexibility index (Phi) is 3.54. The number of amides is 1. The van der Waals surface area contributed by atoms with Crippen molar-refractivity contribution in [2.45, 2.75) is 12.3 Å². The average Bonchev–Trinajstić information content (AvgIpc) is 2.17. The van der Waals surface area contributed by atoms with Crippen LogP contribution in [0.4, 0.5) is 13.2 Å². The zero-order chi connectivity index (χ0) is 12.3. The molecule has 1 aromatic carbocycles. The third-order valence-corrected chi connectivity index (χ3v) is 2.04. The highest BCUT2D eigenvalue weighted by molar-refractivity contribution is 5.80. The molecule has 1 aromatic rings. The normalized spacial score (nSPS) is 13.5. The molecule has 0 aliphatic rings. The van der Waals surface area contributed by atoms with Gasteiger partial charge in [-0.25, -0.2) is 0 Å². The van der Waals surface area contributed by atoms with E-state index in [0.717, 1.165) is 13.2 Å². The van der Waals surface area contributed by atoms with Gasteiger partial charge in [-0.1, -0.05) is 18.2 Å². The summed E-state index contributed by atoms with van der Waals surface area (Å²) < 4.78 is 42.5. The number of carbonyl (C=O) groups is 1. The summed E-state index contributed by atoms with van der Waals surface area (Å²) >= 11 is 0. The Morgan fingerprint density at radius 2 is 1.94 bits per heavy atom. The number of methoxy groups -OCH3 is 1. The van der Waals surface area contributed by atoms with E-state index in [0.29, 0.717) is 0 Å². The summed E-state index contributed by atoms with van der Waals surface area (Å²) in [5.41, 5.74) is 3.77. The molecule has 0 saturated heterocycles. The maximum Gasteiger partial charge on any atom is 0.416 e. The maximum atomic E-state index is 12.6. The summed E-state index contributed by atoms with van der Waals surface area (Å²) in [6.07, 6.45) is -5.93. The number of benzene rings is 1. The first-order valence-corrected chi connectivity index (χ1v) is 4.36. The van der Waals surface area contributed by atoms with Crippen LogP contribution in [0.3, 0.4) is 0 Å². The number of rotatable bonds is 3. The third kappa shape index (κ3) is 2.52. The van der Waals surface area contributed by atoms with Gasteiger partial charge >= 0.3 is 6.18 Å². The SMILES string of the molecule is CO[C@@H](C(N)=O)c1ccccc1C(F)(F)F. The van der Waals surface area contributed by atoms with Crippen molar-refractivity contribution in [1.82, 2.24) is 0 Å². The van der Waals surface area contributed by atoms with Gasteiger partial charge in [0.15, 0.2) is 6.10 Å². The molecule has 0 fully saturated rings. The first kappa shape index (κ1) is 12.5. The molecule has 0 unspecified atom stereocenters. The molecule has 88 valence electrons. The van der Waals surface area contributed by atoms with Crippen LogP contribution in [0, 0.1) is 0 Å². The minimum Gasteiger partial charge on any atom is -0.367 e. The second-order valence-corrected chi connectivity index (χ2v) is 3.10. The number of carbonyl (C=O) groups excluding carboxylic acids is 1. The van der Waals surface area contributed by atoms with Gasteiger partial charge in [-0.2, -0.15) is 13.2 Å². The zero-order valence-electron chi connectivity index (χ0n) is 8.41. The fourth-order valence-electron chi connectivity index (χ4n) is 1.38. The zero-order valence-corrected chi connectivity index (χ0v) is 8.41. The summed E-state index contributed by atoms with van der Waals surface area (Å²) in [5, 5.41) is 0. The molecule has 1 atom stereocenters. The summed E-state index contributed by atoms with van der Waals surface area (Å²) in [5.74, 6) is -0.959. The number of nitrogens with two attached hydrogens (primary N) is 1. The highest BCUT2D eigenvalue weighted by Gasteiger charge is 2.36. The highest BCUT2D eigenvalue weighted by atomic mass is 19.4. The van der Waals surface area contributed by atoms with Crippen molar-refractivity contribution in [2.24, 2.45) is 5.73 Å². The largest absolute Gasteiger partial charge is 0.416 e. The summed E-state index contributed by atoms with van der Waals surface area (Å²) in [4.78, 5) is 10.9. The molecule has 0 spiro atoms. The van der Waals surface area contributed by atoms with Crippen LogP contribution in [0.15, 0.2) is 24.3 Å². The van der Waals surface area contributed by atoms with Crippen molar-refractivity contribution in [3.8, 4) is 0 Å². The first-order valence-electron chi connectivity index (χ1n) is 4.36. The monoisotopic (exact) mass is 233 g/mol. The molecule has 3 nitrogen and oxygen atoms in total. The quantitative estimate of drug-likeness (QED) is 0.866. The van der Waals surface area contributed by atoms with Crippen LogP contribution in [-0.2, 0) is 15.7 Å². The maximum absolute atomic E-state index is 12.6. The van der Waals surface area contributed by atoms with E-state index in [1.807, 2.05) is 0 Å². The molecule has 0 aromatic heterocycles. The topological polar surface area (TPSA) is 52.3 Å². The van der Waals surface area contributed by atoms with Gasteiger partial charge in [0.05, 0.1) is 5.56 Å². The lowest BCUT2D eigenvalue weighted by atomic mass is 10.0. The van der Waals surface area contributed by atoms with Crippen molar-refractivity contribution in [1.29, 1.82) is 0 Å². The second kappa shape index (κ2) is 4.52. The average molecular weight is 233 g/mol. The third-order valence-electron chi connectivity index (χ3n) is 2.04. The van der Waals surface area contributed by atoms with Gasteiger partial charge in [0.25, 0.3) is 5.91 Å². The molecule has 6 heteroatoms. The molecule has 1 rings (SSSR count). The van der Waals surface area contributed by atoms with E-state index < -0.39 is 23.8 Å². The Labute approximate surface area is 90.0 Å². The van der Waals surface area contributed by atoms with Crippen molar-refractivity contribution in [3.05, 3.63) is 35.4 Å². The van der Waals surface area contributed by atoms with Gasteiger partial charge in [-0.3, -0.25) is 4.79 Å². The van der Waals surface area contributed by atoms with Gasteiger partial charge in [0.1, 0.15) is 0 Å². The Bertz CT molecular complexity index is 390. The van der Waals surface area contributed by atoms with Crippen molar-refractivity contribution < 1.29 is 22.7 Å². The molecule has 0 radical (unpaired) electrons. The number of primary amides is 1. The Morgan fingerprint density at radius 1 is 1.38 bits per heavy atom. The summed E-state index contributed by atoms with van der Waals surface area (Å²) in [6.45, 7) is 0. The Hall–Kier alpha value is -1.56. The van der Waals surface area contributed by atoms with E-state index >= 15 is 0 Å². The Morgan fingerprint density at radius 3 is 2.38 bits per heavy atom. The molecular weight excluding hydrogens is 223 g/mol. The predicted molar refractivity (Wildman–Crippen MR) is 50.4 cm³/mol. The van der Waals surface area contributed by atoms with Crippen molar-refractivity contribution in [3.63, 3.8) is 0 Å². The van der Waals surface area contributed by atoms with Crippen LogP contribution >= 0.6 is 0 Å². The van der Waals surface area contributed by atoms with E-state index in [2.05, 4.69) is 4.74 Å². The first-order chi connectivity index (χ1) is 7.38. The molecule has 0 bridgehead atoms. The lowest BCUT2D eigenvalue weighted by Gasteiger charge is -2.17. The van der Waals surface area contributed by atoms with Gasteiger partial charge in [-0.15, -0.1) is 0 Å². The van der Waals surface area contributed by atoms with Crippen LogP contribution in [0.2, 0.25) is 0 Å². The van der Waals surface area contributed by atoms with E-state index in [1.54, 1.807) is 0 Å². The van der Waals surface area contributed by atoms with Crippen LogP contribution in [0.1, 0.15) is 17.2 Å². The number of hydrogen-bond donors (Lipinski definition) is 1. The van der Waals surface area contributed by atoms with Gasteiger partial charge in [0, 0.05) is 12.7 Å². The molecule has 0 heterocycles. The lowest BCUT2D eigenvalue weighted by Crippen LogP contribution is -2.25. The molecule has 0 saturated carbocycles. The summed E-state index contributed by atoms with van der Waals surface area (Å²) in [6, 6.07) is 4.67. The smallest absolute Gasteiger partial charge is 0.367 e. The fraction of sp³-hybridized carbons (Fsp3) is 0.300. The van der Waals surface area contributed by atoms with Crippen molar-refractivity contribution >= 4 is 5.91 Å². The van der Waals surface area contributed by atoms with E-state index in [1.165, 1.54) is 18.2 Å². The number of halogens is 3. The number of alkyl halides is 3. The number of hydrogen-bond acceptors (Lipinski definition) is 2. The van der Waals surface area contributed by atoms with Gasteiger partial charge in [-0.05, 0) is 6.07 Å². The van der Waals surface area contributed by atoms with Crippen LogP contribution in [0.5, 0.6) is 0 Å². The lowest BCUT2D eigenvalue weighted by molar-refractivity contribution is -0.140. The molecule has 0 aliphatic heterocycles. The van der Waals surface area contributed by atoms with Crippen molar-refractivity contribution in [2.75, 3.05) is 7.11 Å². The molecule has 16 heavy (non-hydrogen) atoms. The highest BCUT2D eigenvalue weighted by Crippen LogP contribution is 2.35. The van der Waals surface area contributed by atoms with Crippen LogP contribution < -0.4 is 5.73 Å². The molecular formula is C10H10F3NO2. The van der Waals surface area contributed by atoms with Crippen LogP contribution in [-0.4, -0.2) is 13.0 Å². The van der Waals surface area contributed by atoms with E-state index in [-0.39, 0.29) is 5.56 Å². The van der Waals surface area contributed by atoms with E-state index in [4.69, 9.17) is 5.73 Å². The van der Waals surface area contributed by atoms with E-state index in [9.17, 15) is 18.0 Å². The fourth-order valence-corrected chi connectivity index (χ4v) is 1.38. The Balaban J connectivity index is 3.27. The molecule has 0 aliphatic carbocycles. The van der Waals surface area contributed by atoms with Gasteiger partial charge in [0.2, 0.25) is 0 Å². The van der Waals surface area contributed by atoms with Crippen LogP contribution in [0.25, 0.3) is 0 Å². The second-order valence-electron chi connectivity index (χ2n) is 3.10.